The highest BCUT2D eigenvalue weighted by Crippen LogP contribution is 2.31. The summed E-state index contributed by atoms with van der Waals surface area (Å²) >= 11 is 6.02. The lowest BCUT2D eigenvalue weighted by Gasteiger charge is -2.11. The van der Waals surface area contributed by atoms with Crippen molar-refractivity contribution in [2.24, 2.45) is 0 Å². The van der Waals surface area contributed by atoms with Gasteiger partial charge in [0.25, 0.3) is 5.56 Å². The number of rotatable bonds is 7. The van der Waals surface area contributed by atoms with Crippen LogP contribution in [0.25, 0.3) is 11.3 Å². The molecule has 2 aromatic carbocycles. The number of ether oxygens (including phenoxy) is 2. The molecule has 0 saturated carbocycles. The summed E-state index contributed by atoms with van der Waals surface area (Å²) in [4.78, 5) is 24.2. The highest BCUT2D eigenvalue weighted by atomic mass is 35.5. The fraction of sp³-hybridized carbons (Fsp3) is 0.190. The van der Waals surface area contributed by atoms with Crippen LogP contribution in [0.3, 0.4) is 0 Å². The molecule has 0 spiro atoms. The summed E-state index contributed by atoms with van der Waals surface area (Å²) in [5, 5.41) is 10.2. The van der Waals surface area contributed by atoms with E-state index in [-0.39, 0.29) is 18.6 Å². The topological polar surface area (TPSA) is 94.5 Å². The number of aromatic nitrogens is 2. The molecule has 0 bridgehead atoms. The maximum Gasteiger partial charge on any atom is 0.319 e. The van der Waals surface area contributed by atoms with Crippen LogP contribution in [-0.2, 0) is 6.54 Å². The lowest BCUT2D eigenvalue weighted by molar-refractivity contribution is 0.251. The number of carbonyl (C=O) groups is 1. The van der Waals surface area contributed by atoms with E-state index in [1.807, 2.05) is 6.07 Å². The number of methoxy groups -OCH3 is 2. The summed E-state index contributed by atoms with van der Waals surface area (Å²) in [6.07, 6.45) is 0. The second-order valence-corrected chi connectivity index (χ2v) is 6.62. The molecule has 8 nitrogen and oxygen atoms in total. The average Bonchev–Trinajstić information content (AvgIpc) is 2.76. The zero-order valence-electron chi connectivity index (χ0n) is 16.5. The molecule has 0 saturated heterocycles. The van der Waals surface area contributed by atoms with Crippen LogP contribution in [0.2, 0.25) is 5.02 Å². The van der Waals surface area contributed by atoms with Crippen molar-refractivity contribution in [3.05, 3.63) is 70.0 Å². The third-order valence-electron chi connectivity index (χ3n) is 4.28. The van der Waals surface area contributed by atoms with E-state index in [9.17, 15) is 9.59 Å². The Balaban J connectivity index is 1.67. The molecule has 9 heteroatoms. The van der Waals surface area contributed by atoms with Crippen LogP contribution in [0.4, 0.5) is 10.5 Å². The Bertz CT molecular complexity index is 1100. The molecule has 1 heterocycles. The van der Waals surface area contributed by atoms with Gasteiger partial charge in [-0.15, -0.1) is 0 Å². The van der Waals surface area contributed by atoms with Crippen molar-refractivity contribution in [1.82, 2.24) is 15.1 Å². The third-order valence-corrected chi connectivity index (χ3v) is 4.61. The normalized spacial score (nSPS) is 10.4. The zero-order chi connectivity index (χ0) is 21.5. The van der Waals surface area contributed by atoms with Gasteiger partial charge in [-0.1, -0.05) is 23.7 Å². The Labute approximate surface area is 178 Å². The van der Waals surface area contributed by atoms with Gasteiger partial charge >= 0.3 is 6.03 Å². The van der Waals surface area contributed by atoms with Crippen LogP contribution in [-0.4, -0.2) is 36.6 Å². The predicted octanol–water partition coefficient (Wildman–Crippen LogP) is 3.40. The third kappa shape index (κ3) is 5.09. The molecule has 30 heavy (non-hydrogen) atoms. The molecule has 0 atom stereocenters. The molecule has 2 amide bonds. The lowest BCUT2D eigenvalue weighted by atomic mass is 10.1. The SMILES string of the molecule is COc1ccc(-c2ccc(=O)n(CCNC(=O)Nc3ccccc3Cl)n2)cc1OC. The molecule has 156 valence electrons. The van der Waals surface area contributed by atoms with Crippen LogP contribution >= 0.6 is 11.6 Å². The van der Waals surface area contributed by atoms with Gasteiger partial charge in [0.05, 0.1) is 37.2 Å². The number of halogens is 1. The molecule has 0 unspecified atom stereocenters. The minimum atomic E-state index is -0.424. The number of hydrogen-bond acceptors (Lipinski definition) is 5. The number of carbonyl (C=O) groups excluding carboxylic acids is 1. The first-order valence-electron chi connectivity index (χ1n) is 9.12. The molecular formula is C21H21ClN4O4. The summed E-state index contributed by atoms with van der Waals surface area (Å²) < 4.78 is 11.8. The molecule has 0 aliphatic carbocycles. The number of hydrogen-bond donors (Lipinski definition) is 2. The Morgan fingerprint density at radius 2 is 1.83 bits per heavy atom. The summed E-state index contributed by atoms with van der Waals surface area (Å²) in [6.45, 7) is 0.411. The van der Waals surface area contributed by atoms with Gasteiger partial charge in [0.15, 0.2) is 11.5 Å². The van der Waals surface area contributed by atoms with E-state index in [0.29, 0.717) is 27.9 Å². The summed E-state index contributed by atoms with van der Waals surface area (Å²) in [6, 6.07) is 14.9. The van der Waals surface area contributed by atoms with Crippen molar-refractivity contribution in [2.75, 3.05) is 26.1 Å². The number of anilines is 1. The van der Waals surface area contributed by atoms with Crippen LogP contribution < -0.4 is 25.7 Å². The van der Waals surface area contributed by atoms with E-state index < -0.39 is 6.03 Å². The van der Waals surface area contributed by atoms with Crippen molar-refractivity contribution >= 4 is 23.3 Å². The predicted molar refractivity (Wildman–Crippen MR) is 116 cm³/mol. The average molecular weight is 429 g/mol. The van der Waals surface area contributed by atoms with Crippen molar-refractivity contribution < 1.29 is 14.3 Å². The number of amides is 2. The van der Waals surface area contributed by atoms with Gasteiger partial charge in [-0.25, -0.2) is 9.48 Å². The van der Waals surface area contributed by atoms with Gasteiger partial charge in [-0.05, 0) is 36.4 Å². The molecule has 0 aliphatic heterocycles. The van der Waals surface area contributed by atoms with Crippen molar-refractivity contribution in [3.63, 3.8) is 0 Å². The summed E-state index contributed by atoms with van der Waals surface area (Å²) in [7, 11) is 3.11. The van der Waals surface area contributed by atoms with E-state index in [1.165, 1.54) is 10.7 Å². The van der Waals surface area contributed by atoms with Crippen LogP contribution in [0.1, 0.15) is 0 Å². The van der Waals surface area contributed by atoms with Gasteiger partial charge < -0.3 is 20.1 Å². The van der Waals surface area contributed by atoms with Gasteiger partial charge in [-0.2, -0.15) is 5.10 Å². The Kier molecular flexibility index (Phi) is 6.92. The van der Waals surface area contributed by atoms with E-state index in [4.69, 9.17) is 21.1 Å². The summed E-state index contributed by atoms with van der Waals surface area (Å²) in [5.74, 6) is 1.16. The quantitative estimate of drug-likeness (QED) is 0.601. The van der Waals surface area contributed by atoms with Gasteiger partial charge in [0.1, 0.15) is 0 Å². The van der Waals surface area contributed by atoms with Crippen molar-refractivity contribution in [2.45, 2.75) is 6.54 Å². The zero-order valence-corrected chi connectivity index (χ0v) is 17.3. The number of para-hydroxylation sites is 1. The summed E-state index contributed by atoms with van der Waals surface area (Å²) in [5.41, 5.74) is 1.59. The minimum Gasteiger partial charge on any atom is -0.493 e. The Morgan fingerprint density at radius 1 is 1.07 bits per heavy atom. The number of benzene rings is 2. The molecule has 3 rings (SSSR count). The first-order chi connectivity index (χ1) is 14.5. The van der Waals surface area contributed by atoms with Crippen LogP contribution in [0.5, 0.6) is 11.5 Å². The van der Waals surface area contributed by atoms with Gasteiger partial charge in [0, 0.05) is 18.2 Å². The molecule has 0 radical (unpaired) electrons. The molecule has 3 aromatic rings. The smallest absolute Gasteiger partial charge is 0.319 e. The first-order valence-corrected chi connectivity index (χ1v) is 9.49. The Hall–Kier alpha value is -3.52. The fourth-order valence-electron chi connectivity index (χ4n) is 2.76. The van der Waals surface area contributed by atoms with Crippen molar-refractivity contribution in [3.8, 4) is 22.8 Å². The second-order valence-electron chi connectivity index (χ2n) is 6.21. The lowest BCUT2D eigenvalue weighted by Crippen LogP contribution is -2.34. The molecule has 1 aromatic heterocycles. The Morgan fingerprint density at radius 3 is 2.57 bits per heavy atom. The van der Waals surface area contributed by atoms with E-state index in [1.54, 1.807) is 56.7 Å². The van der Waals surface area contributed by atoms with E-state index in [0.717, 1.165) is 5.56 Å². The number of nitrogens with one attached hydrogen (secondary N) is 2. The number of urea groups is 1. The maximum atomic E-state index is 12.1. The molecule has 0 aliphatic rings. The van der Waals surface area contributed by atoms with E-state index in [2.05, 4.69) is 15.7 Å². The molecule has 2 N–H and O–H groups in total. The van der Waals surface area contributed by atoms with E-state index >= 15 is 0 Å². The van der Waals surface area contributed by atoms with Crippen LogP contribution in [0, 0.1) is 0 Å². The highest BCUT2D eigenvalue weighted by Gasteiger charge is 2.09. The van der Waals surface area contributed by atoms with Gasteiger partial charge in [-0.3, -0.25) is 4.79 Å². The highest BCUT2D eigenvalue weighted by molar-refractivity contribution is 6.33. The van der Waals surface area contributed by atoms with Crippen LogP contribution in [0.15, 0.2) is 59.4 Å². The minimum absolute atomic E-state index is 0.204. The molecule has 0 fully saturated rings. The van der Waals surface area contributed by atoms with Crippen molar-refractivity contribution in [1.29, 1.82) is 0 Å². The standard InChI is InChI=1S/C21H21ClN4O4/c1-29-18-9-7-14(13-19(18)30-2)16-8-10-20(27)26(25-16)12-11-23-21(28)24-17-6-4-3-5-15(17)22/h3-10,13H,11-12H2,1-2H3,(H2,23,24,28). The fourth-order valence-corrected chi connectivity index (χ4v) is 2.95. The maximum absolute atomic E-state index is 12.1. The molecular weight excluding hydrogens is 408 g/mol. The monoisotopic (exact) mass is 428 g/mol. The largest absolute Gasteiger partial charge is 0.493 e. The first kappa shape index (κ1) is 21.2. The second kappa shape index (κ2) is 9.80. The van der Waals surface area contributed by atoms with Gasteiger partial charge in [0.2, 0.25) is 0 Å². The number of nitrogens with zero attached hydrogens (tertiary/aromatic N) is 2.